The normalized spacial score (nSPS) is 16.8. The van der Waals surface area contributed by atoms with Crippen molar-refractivity contribution in [3.05, 3.63) is 168 Å². The van der Waals surface area contributed by atoms with Gasteiger partial charge in [0.25, 0.3) is 0 Å². The third-order valence-electron chi connectivity index (χ3n) is 11.4. The van der Waals surface area contributed by atoms with E-state index in [4.69, 9.17) is 23.7 Å². The van der Waals surface area contributed by atoms with Crippen molar-refractivity contribution in [2.45, 2.75) is 108 Å². The Morgan fingerprint density at radius 2 is 1.15 bits per heavy atom. The number of carbonyl (C=O) groups is 2. The van der Waals surface area contributed by atoms with Gasteiger partial charge in [0, 0.05) is 24.2 Å². The van der Waals surface area contributed by atoms with Gasteiger partial charge in [-0.1, -0.05) is 85.4 Å². The van der Waals surface area contributed by atoms with Crippen molar-refractivity contribution in [2.75, 3.05) is 13.2 Å². The molecule has 0 bridgehead atoms. The summed E-state index contributed by atoms with van der Waals surface area (Å²) < 4.78 is 31.4. The molecular weight excluding hydrogens is 749 g/mol. The van der Waals surface area contributed by atoms with Crippen molar-refractivity contribution in [3.63, 3.8) is 0 Å². The SMILES string of the molecule is C=CC(=O)C(C)(C)OCCC(C)(C)Oc1ccc(C2(c3ccc(OC(C)(C)CCOC(C)(C)C=O)cc3)CC(c3ccccc3)c3ccc(Oc4ccccc4)cc32)cc1. The van der Waals surface area contributed by atoms with Crippen LogP contribution in [0.2, 0.25) is 0 Å². The lowest BCUT2D eigenvalue weighted by molar-refractivity contribution is -0.136. The third kappa shape index (κ3) is 10.4. The molecule has 7 heteroatoms. The van der Waals surface area contributed by atoms with Crippen LogP contribution in [0, 0.1) is 0 Å². The van der Waals surface area contributed by atoms with E-state index in [1.54, 1.807) is 27.7 Å². The maximum absolute atomic E-state index is 12.3. The molecule has 0 aromatic heterocycles. The smallest absolute Gasteiger partial charge is 0.186 e. The minimum absolute atomic E-state index is 0.115. The summed E-state index contributed by atoms with van der Waals surface area (Å²) in [6, 6.07) is 44.1. The monoisotopic (exact) mass is 808 g/mol. The average molecular weight is 809 g/mol. The molecule has 0 aliphatic heterocycles. The van der Waals surface area contributed by atoms with Gasteiger partial charge in [-0.3, -0.25) is 4.79 Å². The topological polar surface area (TPSA) is 80.3 Å². The highest BCUT2D eigenvalue weighted by atomic mass is 16.5. The Hall–Kier alpha value is -5.50. The fraction of sp³-hybridized carbons (Fsp3) is 0.358. The molecule has 314 valence electrons. The molecule has 0 saturated heterocycles. The van der Waals surface area contributed by atoms with Crippen molar-refractivity contribution in [2.24, 2.45) is 0 Å². The van der Waals surface area contributed by atoms with Gasteiger partial charge in [0.05, 0.1) is 13.2 Å². The largest absolute Gasteiger partial charge is 0.488 e. The highest BCUT2D eigenvalue weighted by Gasteiger charge is 2.47. The van der Waals surface area contributed by atoms with E-state index in [0.717, 1.165) is 46.8 Å². The molecule has 0 heterocycles. The lowest BCUT2D eigenvalue weighted by Crippen LogP contribution is -2.37. The van der Waals surface area contributed by atoms with Crippen LogP contribution in [0.4, 0.5) is 0 Å². The minimum atomic E-state index is -0.945. The van der Waals surface area contributed by atoms with Crippen LogP contribution >= 0.6 is 0 Å². The zero-order chi connectivity index (χ0) is 43.2. The summed E-state index contributed by atoms with van der Waals surface area (Å²) in [5.74, 6) is 2.99. The molecule has 0 amide bonds. The molecule has 5 aromatic rings. The zero-order valence-electron chi connectivity index (χ0n) is 36.5. The van der Waals surface area contributed by atoms with Gasteiger partial charge in [0.1, 0.15) is 45.4 Å². The lowest BCUT2D eigenvalue weighted by Gasteiger charge is -2.34. The number of benzene rings is 5. The van der Waals surface area contributed by atoms with Crippen molar-refractivity contribution in [3.8, 4) is 23.0 Å². The minimum Gasteiger partial charge on any atom is -0.488 e. The Morgan fingerprint density at radius 3 is 1.67 bits per heavy atom. The summed E-state index contributed by atoms with van der Waals surface area (Å²) in [6.45, 7) is 19.5. The molecule has 1 aliphatic rings. The first-order valence-electron chi connectivity index (χ1n) is 20.9. The molecule has 5 aromatic carbocycles. The van der Waals surface area contributed by atoms with E-state index in [9.17, 15) is 9.59 Å². The molecule has 7 nitrogen and oxygen atoms in total. The van der Waals surface area contributed by atoms with Gasteiger partial charge in [-0.15, -0.1) is 0 Å². The highest BCUT2D eigenvalue weighted by molar-refractivity contribution is 5.95. The van der Waals surface area contributed by atoms with Crippen molar-refractivity contribution < 1.29 is 33.3 Å². The van der Waals surface area contributed by atoms with Crippen molar-refractivity contribution >= 4 is 12.1 Å². The molecule has 1 aliphatic carbocycles. The number of hydrogen-bond donors (Lipinski definition) is 0. The standard InChI is InChI=1S/C53H60O7/c1-10-48(55)52(8,9)57-34-32-50(4,5)60-43-27-23-40(24-28-43)53(39-21-25-42(26-22-39)59-49(2,3)31-33-56-51(6,7)37-54)36-46(38-17-13-11-14-18-38)45-30-29-44(35-47(45)53)58-41-19-15-12-16-20-41/h10-30,35,37,46H,1,31-34,36H2,2-9H3. The number of fused-ring (bicyclic) bond motifs is 1. The van der Waals surface area contributed by atoms with E-state index in [1.165, 1.54) is 22.8 Å². The number of ketones is 1. The number of hydrogen-bond acceptors (Lipinski definition) is 7. The maximum Gasteiger partial charge on any atom is 0.186 e. The van der Waals surface area contributed by atoms with Gasteiger partial charge in [0.15, 0.2) is 12.1 Å². The first-order chi connectivity index (χ1) is 28.5. The first kappa shape index (κ1) is 44.1. The number of carbonyl (C=O) groups excluding carboxylic acids is 2. The Kier molecular flexibility index (Phi) is 13.2. The second kappa shape index (κ2) is 18.0. The van der Waals surface area contributed by atoms with Gasteiger partial charge in [-0.05, 0) is 144 Å². The summed E-state index contributed by atoms with van der Waals surface area (Å²) >= 11 is 0. The number of para-hydroxylation sites is 1. The van der Waals surface area contributed by atoms with Crippen molar-refractivity contribution in [1.82, 2.24) is 0 Å². The van der Waals surface area contributed by atoms with Crippen LogP contribution in [0.3, 0.4) is 0 Å². The molecule has 60 heavy (non-hydrogen) atoms. The molecule has 0 saturated carbocycles. The Balaban J connectivity index is 1.37. The summed E-state index contributed by atoms with van der Waals surface area (Å²) in [4.78, 5) is 23.7. The number of ether oxygens (including phenoxy) is 5. The fourth-order valence-corrected chi connectivity index (χ4v) is 7.94. The van der Waals surface area contributed by atoms with Crippen LogP contribution in [0.5, 0.6) is 23.0 Å². The molecule has 0 spiro atoms. The van der Waals surface area contributed by atoms with Crippen molar-refractivity contribution in [1.29, 1.82) is 0 Å². The Labute approximate surface area is 356 Å². The quantitative estimate of drug-likeness (QED) is 0.0572. The predicted molar refractivity (Wildman–Crippen MR) is 239 cm³/mol. The van der Waals surface area contributed by atoms with E-state index in [0.29, 0.717) is 26.1 Å². The van der Waals surface area contributed by atoms with Crippen LogP contribution < -0.4 is 14.2 Å². The number of aldehydes is 1. The third-order valence-corrected chi connectivity index (χ3v) is 11.4. The van der Waals surface area contributed by atoms with Gasteiger partial charge in [0.2, 0.25) is 0 Å². The highest BCUT2D eigenvalue weighted by Crippen LogP contribution is 2.57. The molecule has 6 rings (SSSR count). The summed E-state index contributed by atoms with van der Waals surface area (Å²) in [5, 5.41) is 0. The predicted octanol–water partition coefficient (Wildman–Crippen LogP) is 12.0. The Morgan fingerprint density at radius 1 is 0.650 bits per heavy atom. The summed E-state index contributed by atoms with van der Waals surface area (Å²) in [7, 11) is 0. The fourth-order valence-electron chi connectivity index (χ4n) is 7.94. The molecule has 0 fully saturated rings. The van der Waals surface area contributed by atoms with Crippen LogP contribution in [0.1, 0.15) is 108 Å². The van der Waals surface area contributed by atoms with E-state index >= 15 is 0 Å². The molecule has 0 N–H and O–H groups in total. The van der Waals surface area contributed by atoms with Crippen LogP contribution in [0.25, 0.3) is 0 Å². The van der Waals surface area contributed by atoms with Gasteiger partial charge in [-0.25, -0.2) is 0 Å². The average Bonchev–Trinajstić information content (AvgIpc) is 3.56. The van der Waals surface area contributed by atoms with E-state index in [1.807, 2.05) is 58.0 Å². The second-order valence-corrected chi connectivity index (χ2v) is 18.0. The number of rotatable bonds is 20. The van der Waals surface area contributed by atoms with E-state index in [-0.39, 0.29) is 11.7 Å². The van der Waals surface area contributed by atoms with Crippen LogP contribution in [0.15, 0.2) is 140 Å². The van der Waals surface area contributed by atoms with Gasteiger partial charge in [-0.2, -0.15) is 0 Å². The molecule has 2 unspecified atom stereocenters. The summed E-state index contributed by atoms with van der Waals surface area (Å²) in [6.07, 6.45) is 4.11. The van der Waals surface area contributed by atoms with Crippen LogP contribution in [-0.2, 0) is 24.5 Å². The lowest BCUT2D eigenvalue weighted by atomic mass is 9.69. The van der Waals surface area contributed by atoms with Crippen LogP contribution in [-0.4, -0.2) is 47.7 Å². The van der Waals surface area contributed by atoms with Gasteiger partial charge >= 0.3 is 0 Å². The van der Waals surface area contributed by atoms with Gasteiger partial charge < -0.3 is 28.5 Å². The zero-order valence-corrected chi connectivity index (χ0v) is 36.5. The maximum atomic E-state index is 12.3. The molecule has 0 radical (unpaired) electrons. The van der Waals surface area contributed by atoms with E-state index < -0.39 is 27.8 Å². The molecule has 2 atom stereocenters. The van der Waals surface area contributed by atoms with E-state index in [2.05, 4.69) is 104 Å². The Bertz CT molecular complexity index is 2220. The second-order valence-electron chi connectivity index (χ2n) is 18.0. The summed E-state index contributed by atoms with van der Waals surface area (Å²) in [5.41, 5.74) is 2.49. The first-order valence-corrected chi connectivity index (χ1v) is 20.9. The molecular formula is C53H60O7.